The van der Waals surface area contributed by atoms with Gasteiger partial charge in [-0.25, -0.2) is 4.98 Å². The zero-order valence-electron chi connectivity index (χ0n) is 12.0. The minimum atomic E-state index is -0.170. The first-order valence-corrected chi connectivity index (χ1v) is 7.42. The van der Waals surface area contributed by atoms with Crippen molar-refractivity contribution in [1.82, 2.24) is 10.3 Å². The predicted octanol–water partition coefficient (Wildman–Crippen LogP) is 1.12. The number of nitrogens with two attached hydrogens (primary N) is 1. The topological polar surface area (TPSA) is 86.5 Å². The molecule has 6 nitrogen and oxygen atoms in total. The number of carbonyl (C=O) groups excluding carboxylic acids is 1. The molecule has 6 heteroatoms. The Morgan fingerprint density at radius 2 is 2.14 bits per heavy atom. The Morgan fingerprint density at radius 1 is 1.33 bits per heavy atom. The first-order chi connectivity index (χ1) is 10.2. The molecule has 114 valence electrons. The van der Waals surface area contributed by atoms with E-state index in [-0.39, 0.29) is 17.6 Å². The second-order valence-corrected chi connectivity index (χ2v) is 5.75. The molecule has 2 saturated heterocycles. The van der Waals surface area contributed by atoms with Gasteiger partial charge in [-0.1, -0.05) is 6.07 Å². The van der Waals surface area contributed by atoms with E-state index in [1.165, 1.54) is 0 Å². The van der Waals surface area contributed by atoms with Crippen molar-refractivity contribution >= 4 is 11.7 Å². The summed E-state index contributed by atoms with van der Waals surface area (Å²) >= 11 is 0. The minimum Gasteiger partial charge on any atom is -0.384 e. The van der Waals surface area contributed by atoms with Gasteiger partial charge in [-0.05, 0) is 37.8 Å². The Labute approximate surface area is 124 Å². The van der Waals surface area contributed by atoms with E-state index in [0.717, 1.165) is 38.9 Å². The molecule has 3 heterocycles. The maximum Gasteiger partial charge on any atom is 0.270 e. The summed E-state index contributed by atoms with van der Waals surface area (Å²) in [5.41, 5.74) is 5.85. The molecule has 0 radical (unpaired) electrons. The molecule has 2 aliphatic rings. The molecule has 0 aromatic carbocycles. The summed E-state index contributed by atoms with van der Waals surface area (Å²) in [5.74, 6) is 0.187. The number of hydrogen-bond acceptors (Lipinski definition) is 5. The first-order valence-electron chi connectivity index (χ1n) is 7.42. The molecule has 1 spiro atoms. The number of anilines is 1. The number of pyridine rings is 1. The van der Waals surface area contributed by atoms with Gasteiger partial charge in [-0.15, -0.1) is 0 Å². The van der Waals surface area contributed by atoms with E-state index in [1.807, 2.05) is 0 Å². The van der Waals surface area contributed by atoms with Gasteiger partial charge >= 0.3 is 0 Å². The van der Waals surface area contributed by atoms with Crippen LogP contribution in [0.1, 0.15) is 36.2 Å². The number of aromatic nitrogens is 1. The molecule has 2 fully saturated rings. The van der Waals surface area contributed by atoms with E-state index in [9.17, 15) is 4.79 Å². The zero-order chi connectivity index (χ0) is 14.7. The largest absolute Gasteiger partial charge is 0.384 e. The molecule has 0 bridgehead atoms. The van der Waals surface area contributed by atoms with E-state index in [0.29, 0.717) is 18.1 Å². The van der Waals surface area contributed by atoms with Crippen LogP contribution in [0.3, 0.4) is 0 Å². The average Bonchev–Trinajstić information content (AvgIpc) is 2.48. The summed E-state index contributed by atoms with van der Waals surface area (Å²) in [6.07, 6.45) is 3.47. The Morgan fingerprint density at radius 3 is 2.90 bits per heavy atom. The van der Waals surface area contributed by atoms with E-state index >= 15 is 0 Å². The number of ether oxygens (including phenoxy) is 2. The lowest BCUT2D eigenvalue weighted by molar-refractivity contribution is -0.139. The fourth-order valence-corrected chi connectivity index (χ4v) is 3.08. The molecule has 3 N–H and O–H groups in total. The van der Waals surface area contributed by atoms with Gasteiger partial charge in [0.15, 0.2) is 0 Å². The van der Waals surface area contributed by atoms with Crippen molar-refractivity contribution in [1.29, 1.82) is 0 Å². The van der Waals surface area contributed by atoms with Crippen molar-refractivity contribution in [3.63, 3.8) is 0 Å². The van der Waals surface area contributed by atoms with Gasteiger partial charge in [0.1, 0.15) is 11.5 Å². The Balaban J connectivity index is 1.63. The summed E-state index contributed by atoms with van der Waals surface area (Å²) in [7, 11) is 0. The van der Waals surface area contributed by atoms with E-state index in [4.69, 9.17) is 15.2 Å². The normalized spacial score (nSPS) is 24.7. The van der Waals surface area contributed by atoms with Gasteiger partial charge < -0.3 is 20.5 Å². The molecular formula is C15H21N3O3. The highest BCUT2D eigenvalue weighted by Crippen LogP contribution is 2.34. The van der Waals surface area contributed by atoms with E-state index in [2.05, 4.69) is 10.3 Å². The van der Waals surface area contributed by atoms with Crippen LogP contribution in [0.25, 0.3) is 0 Å². The third-order valence-electron chi connectivity index (χ3n) is 4.24. The quantitative estimate of drug-likeness (QED) is 0.852. The Hall–Kier alpha value is -1.66. The maximum atomic E-state index is 12.2. The maximum absolute atomic E-state index is 12.2. The predicted molar refractivity (Wildman–Crippen MR) is 77.9 cm³/mol. The molecule has 21 heavy (non-hydrogen) atoms. The van der Waals surface area contributed by atoms with E-state index in [1.54, 1.807) is 18.2 Å². The van der Waals surface area contributed by atoms with Crippen LogP contribution in [0.5, 0.6) is 0 Å². The SMILES string of the molecule is Nc1cccc(C(=O)N[C@H]2CCOC3(CCOCC3)C2)n1. The number of nitrogens with one attached hydrogen (secondary N) is 1. The molecule has 1 aromatic rings. The summed E-state index contributed by atoms with van der Waals surface area (Å²) in [6, 6.07) is 5.20. The first kappa shape index (κ1) is 14.3. The van der Waals surface area contributed by atoms with Crippen LogP contribution in [-0.2, 0) is 9.47 Å². The average molecular weight is 291 g/mol. The lowest BCUT2D eigenvalue weighted by Crippen LogP contribution is -2.51. The summed E-state index contributed by atoms with van der Waals surface area (Å²) in [6.45, 7) is 2.14. The van der Waals surface area contributed by atoms with Crippen molar-refractivity contribution < 1.29 is 14.3 Å². The van der Waals surface area contributed by atoms with Crippen molar-refractivity contribution in [3.05, 3.63) is 23.9 Å². The molecule has 0 aliphatic carbocycles. The highest BCUT2D eigenvalue weighted by molar-refractivity contribution is 5.92. The second kappa shape index (κ2) is 5.99. The molecular weight excluding hydrogens is 270 g/mol. The Bertz CT molecular complexity index is 509. The summed E-state index contributed by atoms with van der Waals surface area (Å²) in [4.78, 5) is 16.3. The molecule has 0 saturated carbocycles. The van der Waals surface area contributed by atoms with Crippen LogP contribution in [-0.4, -0.2) is 42.4 Å². The highest BCUT2D eigenvalue weighted by Gasteiger charge is 2.39. The summed E-state index contributed by atoms with van der Waals surface area (Å²) in [5, 5.41) is 3.06. The fraction of sp³-hybridized carbons (Fsp3) is 0.600. The molecule has 0 unspecified atom stereocenters. The van der Waals surface area contributed by atoms with Gasteiger partial charge in [0.25, 0.3) is 5.91 Å². The number of nitrogens with zero attached hydrogens (tertiary/aromatic N) is 1. The van der Waals surface area contributed by atoms with Gasteiger partial charge in [0.2, 0.25) is 0 Å². The van der Waals surface area contributed by atoms with Gasteiger partial charge in [-0.2, -0.15) is 0 Å². The molecule has 3 rings (SSSR count). The standard InChI is InChI=1S/C15H21N3O3/c16-13-3-1-2-12(18-13)14(19)17-11-4-7-21-15(10-11)5-8-20-9-6-15/h1-3,11H,4-10H2,(H2,16,18)(H,17,19)/t11-/m0/s1. The lowest BCUT2D eigenvalue weighted by atomic mass is 9.84. The number of carbonyl (C=O) groups is 1. The number of nitrogen functional groups attached to an aromatic ring is 1. The van der Waals surface area contributed by atoms with Gasteiger partial charge in [-0.3, -0.25) is 4.79 Å². The number of amides is 1. The minimum absolute atomic E-state index is 0.118. The number of rotatable bonds is 2. The van der Waals surface area contributed by atoms with Crippen molar-refractivity contribution in [2.45, 2.75) is 37.3 Å². The van der Waals surface area contributed by atoms with Crippen LogP contribution in [0.15, 0.2) is 18.2 Å². The molecule has 1 amide bonds. The molecule has 2 aliphatic heterocycles. The monoisotopic (exact) mass is 291 g/mol. The van der Waals surface area contributed by atoms with Crippen LogP contribution >= 0.6 is 0 Å². The lowest BCUT2D eigenvalue weighted by Gasteiger charge is -2.43. The molecule has 1 aromatic heterocycles. The third kappa shape index (κ3) is 3.33. The van der Waals surface area contributed by atoms with E-state index < -0.39 is 0 Å². The van der Waals surface area contributed by atoms with Crippen molar-refractivity contribution in [2.75, 3.05) is 25.6 Å². The van der Waals surface area contributed by atoms with Crippen LogP contribution in [0.4, 0.5) is 5.82 Å². The van der Waals surface area contributed by atoms with Gasteiger partial charge in [0.05, 0.1) is 5.60 Å². The third-order valence-corrected chi connectivity index (χ3v) is 4.24. The van der Waals surface area contributed by atoms with Crippen LogP contribution in [0, 0.1) is 0 Å². The van der Waals surface area contributed by atoms with Gasteiger partial charge in [0, 0.05) is 25.9 Å². The van der Waals surface area contributed by atoms with Crippen LogP contribution in [0.2, 0.25) is 0 Å². The fourth-order valence-electron chi connectivity index (χ4n) is 3.08. The van der Waals surface area contributed by atoms with Crippen molar-refractivity contribution in [3.8, 4) is 0 Å². The Kier molecular flexibility index (Phi) is 4.07. The van der Waals surface area contributed by atoms with Crippen molar-refractivity contribution in [2.24, 2.45) is 0 Å². The number of hydrogen-bond donors (Lipinski definition) is 2. The highest BCUT2D eigenvalue weighted by atomic mass is 16.5. The molecule has 1 atom stereocenters. The smallest absolute Gasteiger partial charge is 0.270 e. The second-order valence-electron chi connectivity index (χ2n) is 5.75. The zero-order valence-corrected chi connectivity index (χ0v) is 12.0. The van der Waals surface area contributed by atoms with Crippen LogP contribution < -0.4 is 11.1 Å². The summed E-state index contributed by atoms with van der Waals surface area (Å²) < 4.78 is 11.4.